The Hall–Kier alpha value is -2.61. The number of piperazine rings is 1. The van der Waals surface area contributed by atoms with Gasteiger partial charge in [0.25, 0.3) is 0 Å². The topological polar surface area (TPSA) is 61.1 Å². The molecule has 1 aliphatic rings. The summed E-state index contributed by atoms with van der Waals surface area (Å²) in [6.45, 7) is 7.31. The van der Waals surface area contributed by atoms with Gasteiger partial charge < -0.3 is 15.1 Å². The highest BCUT2D eigenvalue weighted by Crippen LogP contribution is 2.14. The van der Waals surface area contributed by atoms with Gasteiger partial charge in [0, 0.05) is 56.7 Å². The van der Waals surface area contributed by atoms with Crippen LogP contribution in [-0.4, -0.2) is 58.0 Å². The first-order valence-electron chi connectivity index (χ1n) is 8.94. The van der Waals surface area contributed by atoms with Crippen molar-refractivity contribution in [1.82, 2.24) is 24.6 Å². The van der Waals surface area contributed by atoms with Crippen molar-refractivity contribution in [3.63, 3.8) is 0 Å². The highest BCUT2D eigenvalue weighted by Gasteiger charge is 2.20. The van der Waals surface area contributed by atoms with Crippen LogP contribution in [0.2, 0.25) is 0 Å². The Morgan fingerprint density at radius 1 is 1.27 bits per heavy atom. The zero-order chi connectivity index (χ0) is 17.8. The van der Waals surface area contributed by atoms with Gasteiger partial charge in [0.15, 0.2) is 10.9 Å². The molecule has 26 heavy (non-hydrogen) atoms. The fourth-order valence-electron chi connectivity index (χ4n) is 3.12. The van der Waals surface area contributed by atoms with E-state index in [4.69, 9.17) is 4.99 Å². The van der Waals surface area contributed by atoms with Crippen LogP contribution in [0.3, 0.4) is 0 Å². The van der Waals surface area contributed by atoms with Crippen LogP contribution in [0.1, 0.15) is 12.6 Å². The Morgan fingerprint density at radius 2 is 2.15 bits per heavy atom. The van der Waals surface area contributed by atoms with Crippen molar-refractivity contribution in [2.24, 2.45) is 4.99 Å². The molecule has 3 aromatic heterocycles. The number of fused-ring (bicyclic) bond motifs is 1. The quantitative estimate of drug-likeness (QED) is 0.564. The third kappa shape index (κ3) is 3.65. The Morgan fingerprint density at radius 3 is 2.88 bits per heavy atom. The number of imidazole rings is 1. The van der Waals surface area contributed by atoms with Crippen molar-refractivity contribution in [2.45, 2.75) is 13.5 Å². The van der Waals surface area contributed by atoms with E-state index in [0.717, 1.165) is 55.2 Å². The molecule has 3 aromatic rings. The Bertz CT molecular complexity index is 833. The van der Waals surface area contributed by atoms with E-state index in [1.165, 1.54) is 0 Å². The van der Waals surface area contributed by atoms with Crippen molar-refractivity contribution in [3.05, 3.63) is 47.9 Å². The third-order valence-electron chi connectivity index (χ3n) is 4.42. The second kappa shape index (κ2) is 7.74. The second-order valence-corrected chi connectivity index (χ2v) is 7.03. The minimum atomic E-state index is 0.594. The van der Waals surface area contributed by atoms with Gasteiger partial charge in [0.1, 0.15) is 5.82 Å². The summed E-state index contributed by atoms with van der Waals surface area (Å²) in [4.78, 5) is 19.5. The molecule has 1 N–H and O–H groups in total. The first-order chi connectivity index (χ1) is 12.8. The summed E-state index contributed by atoms with van der Waals surface area (Å²) in [7, 11) is 0. The highest BCUT2D eigenvalue weighted by molar-refractivity contribution is 7.15. The normalized spacial score (nSPS) is 15.7. The molecule has 0 bridgehead atoms. The number of hydrogen-bond acceptors (Lipinski definition) is 5. The lowest BCUT2D eigenvalue weighted by Gasteiger charge is -2.37. The molecule has 0 unspecified atom stereocenters. The Labute approximate surface area is 157 Å². The minimum Gasteiger partial charge on any atom is -0.357 e. The molecule has 0 aliphatic carbocycles. The van der Waals surface area contributed by atoms with Crippen molar-refractivity contribution >= 4 is 28.1 Å². The number of guanidine groups is 1. The molecule has 0 amide bonds. The van der Waals surface area contributed by atoms with Crippen LogP contribution in [0, 0.1) is 0 Å². The fourth-order valence-corrected chi connectivity index (χ4v) is 3.84. The van der Waals surface area contributed by atoms with Crippen molar-refractivity contribution in [2.75, 3.05) is 37.6 Å². The molecule has 4 rings (SSSR count). The summed E-state index contributed by atoms with van der Waals surface area (Å²) >= 11 is 1.64. The van der Waals surface area contributed by atoms with Crippen LogP contribution in [0.4, 0.5) is 5.82 Å². The lowest BCUT2D eigenvalue weighted by atomic mass is 10.3. The maximum absolute atomic E-state index is 4.81. The van der Waals surface area contributed by atoms with Crippen molar-refractivity contribution in [3.8, 4) is 0 Å². The molecule has 0 saturated carbocycles. The van der Waals surface area contributed by atoms with E-state index in [9.17, 15) is 0 Å². The molecule has 0 spiro atoms. The number of anilines is 1. The molecule has 1 saturated heterocycles. The molecular weight excluding hydrogens is 346 g/mol. The van der Waals surface area contributed by atoms with Crippen molar-refractivity contribution < 1.29 is 0 Å². The first-order valence-corrected chi connectivity index (χ1v) is 9.82. The maximum Gasteiger partial charge on any atom is 0.194 e. The molecule has 4 heterocycles. The van der Waals surface area contributed by atoms with Crippen LogP contribution in [0.5, 0.6) is 0 Å². The largest absolute Gasteiger partial charge is 0.357 e. The zero-order valence-corrected chi connectivity index (χ0v) is 15.7. The maximum atomic E-state index is 4.81. The van der Waals surface area contributed by atoms with Gasteiger partial charge >= 0.3 is 0 Å². The molecule has 0 radical (unpaired) electrons. The average molecular weight is 369 g/mol. The van der Waals surface area contributed by atoms with E-state index in [1.54, 1.807) is 11.3 Å². The number of rotatable bonds is 4. The van der Waals surface area contributed by atoms with Gasteiger partial charge in [-0.05, 0) is 19.1 Å². The van der Waals surface area contributed by atoms with Gasteiger partial charge in [0.05, 0.1) is 12.2 Å². The van der Waals surface area contributed by atoms with Gasteiger partial charge in [-0.3, -0.25) is 4.40 Å². The van der Waals surface area contributed by atoms with Gasteiger partial charge in [-0.2, -0.15) is 0 Å². The van der Waals surface area contributed by atoms with Gasteiger partial charge in [-0.15, -0.1) is 11.3 Å². The summed E-state index contributed by atoms with van der Waals surface area (Å²) in [6.07, 6.45) is 5.93. The molecule has 1 aliphatic heterocycles. The van der Waals surface area contributed by atoms with E-state index in [2.05, 4.69) is 44.3 Å². The summed E-state index contributed by atoms with van der Waals surface area (Å²) in [6, 6.07) is 6.06. The van der Waals surface area contributed by atoms with Gasteiger partial charge in [-0.1, -0.05) is 6.07 Å². The summed E-state index contributed by atoms with van der Waals surface area (Å²) in [5.41, 5.74) is 0.999. The lowest BCUT2D eigenvalue weighted by Crippen LogP contribution is -2.52. The number of nitrogens with one attached hydrogen (secondary N) is 1. The number of thiazole rings is 1. The van der Waals surface area contributed by atoms with Gasteiger partial charge in [0.2, 0.25) is 0 Å². The van der Waals surface area contributed by atoms with E-state index >= 15 is 0 Å². The Kier molecular flexibility index (Phi) is 5.01. The van der Waals surface area contributed by atoms with E-state index in [-0.39, 0.29) is 0 Å². The van der Waals surface area contributed by atoms with Crippen molar-refractivity contribution in [1.29, 1.82) is 0 Å². The van der Waals surface area contributed by atoms with E-state index < -0.39 is 0 Å². The summed E-state index contributed by atoms with van der Waals surface area (Å²) < 4.78 is 2.05. The minimum absolute atomic E-state index is 0.594. The number of hydrogen-bond donors (Lipinski definition) is 1. The number of aliphatic imine (C=N–C) groups is 1. The third-order valence-corrected chi connectivity index (χ3v) is 5.19. The zero-order valence-electron chi connectivity index (χ0n) is 14.9. The fraction of sp³-hybridized carbons (Fsp3) is 0.389. The van der Waals surface area contributed by atoms with E-state index in [1.807, 2.05) is 34.3 Å². The summed E-state index contributed by atoms with van der Waals surface area (Å²) in [5.74, 6) is 2.01. The number of aromatic nitrogens is 3. The molecular formula is C18H23N7S. The SMILES string of the molecule is CCNC(=NCc1cn2ccsc2n1)N1CCN(c2ccccn2)CC1. The molecule has 0 atom stereocenters. The number of nitrogens with zero attached hydrogens (tertiary/aromatic N) is 6. The standard InChI is InChI=1S/C18H23N7S/c1-2-19-17(21-13-15-14-25-11-12-26-18(25)22-15)24-9-7-23(8-10-24)16-5-3-4-6-20-16/h3-6,11-12,14H,2,7-10,13H2,1H3,(H,19,21). The summed E-state index contributed by atoms with van der Waals surface area (Å²) in [5, 5.41) is 5.46. The smallest absolute Gasteiger partial charge is 0.194 e. The van der Waals surface area contributed by atoms with Gasteiger partial charge in [-0.25, -0.2) is 15.0 Å². The average Bonchev–Trinajstić information content (AvgIpc) is 3.28. The Balaban J connectivity index is 1.41. The molecule has 0 aromatic carbocycles. The highest BCUT2D eigenvalue weighted by atomic mass is 32.1. The van der Waals surface area contributed by atoms with Crippen LogP contribution in [-0.2, 0) is 6.54 Å². The van der Waals surface area contributed by atoms with E-state index in [0.29, 0.717) is 6.54 Å². The van der Waals surface area contributed by atoms with Crippen LogP contribution in [0.15, 0.2) is 47.2 Å². The van der Waals surface area contributed by atoms with Crippen LogP contribution >= 0.6 is 11.3 Å². The monoisotopic (exact) mass is 369 g/mol. The van der Waals surface area contributed by atoms with Crippen LogP contribution in [0.25, 0.3) is 4.96 Å². The first kappa shape index (κ1) is 16.8. The lowest BCUT2D eigenvalue weighted by molar-refractivity contribution is 0.371. The molecule has 8 heteroatoms. The molecule has 1 fully saturated rings. The second-order valence-electron chi connectivity index (χ2n) is 6.16. The molecule has 7 nitrogen and oxygen atoms in total. The van der Waals surface area contributed by atoms with Crippen LogP contribution < -0.4 is 10.2 Å². The molecule has 136 valence electrons. The predicted molar refractivity (Wildman–Crippen MR) is 106 cm³/mol. The number of pyridine rings is 1. The predicted octanol–water partition coefficient (Wildman–Crippen LogP) is 2.08.